The quantitative estimate of drug-likeness (QED) is 0.0922. The van der Waals surface area contributed by atoms with Gasteiger partial charge in [-0.2, -0.15) is 22.5 Å². The van der Waals surface area contributed by atoms with E-state index < -0.39 is 53.1 Å². The molecule has 0 spiro atoms. The molecule has 2 aromatic rings. The SMILES string of the molecule is CC/C(Sc1snnc1C(F)(F)F)=C(/C(=O)O)N1C(=O)C(NC(=O)/C(=N\O)c2nsc(N)n2)[C@H]1C. The van der Waals surface area contributed by atoms with Gasteiger partial charge >= 0.3 is 12.1 Å². The van der Waals surface area contributed by atoms with Crippen molar-refractivity contribution in [2.45, 2.75) is 42.7 Å². The van der Waals surface area contributed by atoms with Crippen LogP contribution in [-0.2, 0) is 20.6 Å². The fourth-order valence-electron chi connectivity index (χ4n) is 3.03. The summed E-state index contributed by atoms with van der Waals surface area (Å²) in [6.45, 7) is 2.94. The number of allylic oxidation sites excluding steroid dienone is 1. The van der Waals surface area contributed by atoms with E-state index in [1.807, 2.05) is 0 Å². The van der Waals surface area contributed by atoms with Crippen LogP contribution >= 0.6 is 34.8 Å². The number of alkyl halides is 3. The lowest BCUT2D eigenvalue weighted by Crippen LogP contribution is -2.70. The van der Waals surface area contributed by atoms with Crippen molar-refractivity contribution in [1.82, 2.24) is 29.2 Å². The number of β-lactam (4-membered cyclic amide) rings is 1. The van der Waals surface area contributed by atoms with Crippen LogP contribution in [0.1, 0.15) is 31.8 Å². The Morgan fingerprint density at radius 3 is 2.51 bits per heavy atom. The zero-order chi connectivity index (χ0) is 26.1. The Labute approximate surface area is 206 Å². The number of hydrogen-bond acceptors (Lipinski definition) is 13. The number of carbonyl (C=O) groups excluding carboxylic acids is 2. The van der Waals surface area contributed by atoms with Gasteiger partial charge in [-0.1, -0.05) is 28.3 Å². The highest BCUT2D eigenvalue weighted by molar-refractivity contribution is 8.04. The second-order valence-electron chi connectivity index (χ2n) is 6.74. The van der Waals surface area contributed by atoms with E-state index >= 15 is 0 Å². The highest BCUT2D eigenvalue weighted by Gasteiger charge is 2.50. The molecule has 188 valence electrons. The summed E-state index contributed by atoms with van der Waals surface area (Å²) in [7, 11) is 0. The maximum absolute atomic E-state index is 13.2. The first kappa shape index (κ1) is 26.3. The van der Waals surface area contributed by atoms with Crippen molar-refractivity contribution < 1.29 is 37.9 Å². The Bertz CT molecular complexity index is 1230. The number of carbonyl (C=O) groups is 3. The molecule has 0 bridgehead atoms. The average Bonchev–Trinajstić information content (AvgIpc) is 3.43. The molecule has 1 saturated heterocycles. The number of aromatic nitrogens is 4. The molecule has 1 aliphatic heterocycles. The first-order valence-corrected chi connectivity index (χ1v) is 11.8. The van der Waals surface area contributed by atoms with Gasteiger partial charge in [0.25, 0.3) is 11.8 Å². The molecule has 13 nitrogen and oxygen atoms in total. The fourth-order valence-corrected chi connectivity index (χ4v) is 5.36. The molecule has 0 aromatic carbocycles. The average molecular weight is 553 g/mol. The third kappa shape index (κ3) is 5.20. The Hall–Kier alpha value is -3.32. The Morgan fingerprint density at radius 2 is 2.03 bits per heavy atom. The third-order valence-corrected chi connectivity index (χ3v) is 7.27. The van der Waals surface area contributed by atoms with Gasteiger partial charge in [-0.3, -0.25) is 14.5 Å². The Morgan fingerprint density at radius 1 is 1.34 bits per heavy atom. The van der Waals surface area contributed by atoms with Crippen molar-refractivity contribution in [3.05, 3.63) is 22.1 Å². The second-order valence-corrected chi connectivity index (χ2v) is 9.65. The largest absolute Gasteiger partial charge is 0.477 e. The van der Waals surface area contributed by atoms with Crippen LogP contribution in [0.2, 0.25) is 0 Å². The van der Waals surface area contributed by atoms with Crippen LogP contribution in [0.5, 0.6) is 0 Å². The molecule has 3 rings (SSSR count). The van der Waals surface area contributed by atoms with Crippen LogP contribution in [0.4, 0.5) is 18.3 Å². The highest BCUT2D eigenvalue weighted by atomic mass is 32.2. The molecule has 5 N–H and O–H groups in total. The number of nitrogens with zero attached hydrogens (tertiary/aromatic N) is 6. The van der Waals surface area contributed by atoms with Gasteiger partial charge in [0, 0.05) is 16.4 Å². The number of rotatable bonds is 8. The summed E-state index contributed by atoms with van der Waals surface area (Å²) in [4.78, 5) is 41.8. The molecule has 0 radical (unpaired) electrons. The molecular formula is C16H15F3N8O5S3. The summed E-state index contributed by atoms with van der Waals surface area (Å²) >= 11 is 1.68. The highest BCUT2D eigenvalue weighted by Crippen LogP contribution is 2.43. The van der Waals surface area contributed by atoms with E-state index in [4.69, 9.17) is 10.9 Å². The number of carboxylic acid groups (broad SMARTS) is 1. The predicted molar refractivity (Wildman–Crippen MR) is 117 cm³/mol. The molecule has 35 heavy (non-hydrogen) atoms. The summed E-state index contributed by atoms with van der Waals surface area (Å²) in [6.07, 6.45) is -4.82. The number of amides is 2. The maximum atomic E-state index is 13.2. The topological polar surface area (TPSA) is 197 Å². The summed E-state index contributed by atoms with van der Waals surface area (Å²) < 4.78 is 46.1. The van der Waals surface area contributed by atoms with Crippen molar-refractivity contribution in [2.24, 2.45) is 5.16 Å². The molecule has 2 atom stereocenters. The summed E-state index contributed by atoms with van der Waals surface area (Å²) in [5.41, 5.74) is 3.03. The fraction of sp³-hybridized carbons (Fsp3) is 0.375. The van der Waals surface area contributed by atoms with Crippen LogP contribution < -0.4 is 11.1 Å². The molecule has 0 saturated carbocycles. The molecule has 1 aliphatic rings. The third-order valence-electron chi connectivity index (χ3n) is 4.62. The minimum Gasteiger partial charge on any atom is -0.477 e. The van der Waals surface area contributed by atoms with E-state index in [-0.39, 0.29) is 26.5 Å². The van der Waals surface area contributed by atoms with Gasteiger partial charge in [0.2, 0.25) is 11.5 Å². The Balaban J connectivity index is 1.84. The first-order chi connectivity index (χ1) is 16.4. The van der Waals surface area contributed by atoms with E-state index in [2.05, 4.69) is 29.4 Å². The molecule has 2 aromatic heterocycles. The number of halogens is 3. The molecule has 3 heterocycles. The molecule has 1 fully saturated rings. The summed E-state index contributed by atoms with van der Waals surface area (Å²) in [5, 5.41) is 27.1. The number of nitrogens with one attached hydrogen (secondary N) is 1. The summed E-state index contributed by atoms with van der Waals surface area (Å²) in [6, 6.07) is -2.13. The zero-order valence-electron chi connectivity index (χ0n) is 17.6. The van der Waals surface area contributed by atoms with Crippen LogP contribution in [0.25, 0.3) is 0 Å². The van der Waals surface area contributed by atoms with E-state index in [0.717, 1.165) is 16.4 Å². The number of oxime groups is 1. The molecular weight excluding hydrogens is 537 g/mol. The number of anilines is 1. The van der Waals surface area contributed by atoms with E-state index in [1.54, 1.807) is 0 Å². The van der Waals surface area contributed by atoms with E-state index in [9.17, 15) is 32.7 Å². The predicted octanol–water partition coefficient (Wildman–Crippen LogP) is 1.38. The summed E-state index contributed by atoms with van der Waals surface area (Å²) in [5.74, 6) is -3.69. The molecule has 1 unspecified atom stereocenters. The van der Waals surface area contributed by atoms with Crippen molar-refractivity contribution in [3.63, 3.8) is 0 Å². The standard InChI is InChI=1S/C16H15F3N8O5S3/c1-3-5(33-14-9(16(17,18)19)23-26-34-14)8(13(30)31)27-4(2)6(12(27)29)21-11(28)7(24-32)10-22-15(20)35-25-10/h4,6,32H,3H2,1-2H3,(H,21,28)(H,30,31)(H2,20,22,25)/b8-5+,24-7-/t4-,6?/m1/s1. The normalized spacial score (nSPS) is 19.3. The lowest BCUT2D eigenvalue weighted by atomic mass is 9.95. The number of carboxylic acids is 1. The minimum absolute atomic E-state index is 0.00105. The van der Waals surface area contributed by atoms with Gasteiger partial charge in [0.15, 0.2) is 10.8 Å². The van der Waals surface area contributed by atoms with Crippen LogP contribution in [0.15, 0.2) is 20.0 Å². The smallest absolute Gasteiger partial charge is 0.437 e. The molecule has 0 aliphatic carbocycles. The minimum atomic E-state index is -4.80. The number of aliphatic carboxylic acids is 1. The zero-order valence-corrected chi connectivity index (χ0v) is 20.0. The number of nitrogens with two attached hydrogens (primary N) is 1. The van der Waals surface area contributed by atoms with Crippen LogP contribution in [-0.4, -0.2) is 69.7 Å². The van der Waals surface area contributed by atoms with Gasteiger partial charge in [0.05, 0.1) is 6.04 Å². The van der Waals surface area contributed by atoms with Crippen LogP contribution in [0.3, 0.4) is 0 Å². The van der Waals surface area contributed by atoms with Gasteiger partial charge in [-0.05, 0) is 24.9 Å². The maximum Gasteiger partial charge on any atom is 0.437 e. The van der Waals surface area contributed by atoms with Gasteiger partial charge in [0.1, 0.15) is 15.9 Å². The van der Waals surface area contributed by atoms with Crippen molar-refractivity contribution in [3.8, 4) is 0 Å². The number of thioether (sulfide) groups is 1. The number of nitrogen functional groups attached to an aromatic ring is 1. The van der Waals surface area contributed by atoms with Gasteiger partial charge in [-0.15, -0.1) is 5.10 Å². The van der Waals surface area contributed by atoms with Crippen LogP contribution in [0, 0.1) is 0 Å². The lowest BCUT2D eigenvalue weighted by molar-refractivity contribution is -0.153. The van der Waals surface area contributed by atoms with E-state index in [0.29, 0.717) is 23.3 Å². The lowest BCUT2D eigenvalue weighted by Gasteiger charge is -2.45. The molecule has 2 amide bonds. The Kier molecular flexibility index (Phi) is 7.60. The van der Waals surface area contributed by atoms with Gasteiger partial charge in [-0.25, -0.2) is 4.79 Å². The van der Waals surface area contributed by atoms with Crippen molar-refractivity contribution >= 4 is 63.5 Å². The van der Waals surface area contributed by atoms with Crippen molar-refractivity contribution in [1.29, 1.82) is 0 Å². The van der Waals surface area contributed by atoms with Gasteiger partial charge < -0.3 is 21.4 Å². The number of hydrogen-bond donors (Lipinski definition) is 4. The molecule has 19 heteroatoms. The second kappa shape index (κ2) is 10.1. The first-order valence-electron chi connectivity index (χ1n) is 9.40. The number of likely N-dealkylation sites (tertiary alicyclic amines) is 1. The van der Waals surface area contributed by atoms with E-state index in [1.165, 1.54) is 13.8 Å². The monoisotopic (exact) mass is 552 g/mol. The van der Waals surface area contributed by atoms with Crippen molar-refractivity contribution in [2.75, 3.05) is 5.73 Å².